The van der Waals surface area contributed by atoms with E-state index in [1.165, 1.54) is 0 Å². The summed E-state index contributed by atoms with van der Waals surface area (Å²) in [5.74, 6) is 0.399. The maximum Gasteiger partial charge on any atom is 0.259 e. The van der Waals surface area contributed by atoms with Gasteiger partial charge in [-0.1, -0.05) is 24.3 Å². The first-order valence-corrected chi connectivity index (χ1v) is 9.55. The lowest BCUT2D eigenvalue weighted by Crippen LogP contribution is -2.13. The number of ether oxygens (including phenoxy) is 1. The molecule has 27 heavy (non-hydrogen) atoms. The Balaban J connectivity index is 1.53. The summed E-state index contributed by atoms with van der Waals surface area (Å²) in [5, 5.41) is 3.89. The molecule has 4 aromatic rings. The van der Waals surface area contributed by atoms with E-state index in [0.717, 1.165) is 26.5 Å². The number of amides is 1. The summed E-state index contributed by atoms with van der Waals surface area (Å²) in [6.45, 7) is 2.41. The minimum Gasteiger partial charge on any atom is -0.493 e. The van der Waals surface area contributed by atoms with Crippen LogP contribution in [-0.4, -0.2) is 17.5 Å². The fourth-order valence-corrected chi connectivity index (χ4v) is 3.80. The number of carbonyl (C=O) groups excluding carboxylic acids is 1. The van der Waals surface area contributed by atoms with Gasteiger partial charge in [-0.25, -0.2) is 4.98 Å². The molecule has 0 aliphatic rings. The monoisotopic (exact) mass is 374 g/mol. The molecule has 0 saturated heterocycles. The third kappa shape index (κ3) is 3.68. The van der Waals surface area contributed by atoms with Crippen molar-refractivity contribution in [1.82, 2.24) is 4.98 Å². The van der Waals surface area contributed by atoms with Crippen molar-refractivity contribution in [1.29, 1.82) is 0 Å². The van der Waals surface area contributed by atoms with E-state index in [9.17, 15) is 4.79 Å². The summed E-state index contributed by atoms with van der Waals surface area (Å²) < 4.78 is 6.70. The summed E-state index contributed by atoms with van der Waals surface area (Å²) in [6, 6.07) is 23.1. The quantitative estimate of drug-likeness (QED) is 0.494. The van der Waals surface area contributed by atoms with Crippen molar-refractivity contribution >= 4 is 33.1 Å². The van der Waals surface area contributed by atoms with Crippen molar-refractivity contribution < 1.29 is 9.53 Å². The lowest BCUT2D eigenvalue weighted by atomic mass is 10.1. The Morgan fingerprint density at radius 1 is 1.00 bits per heavy atom. The zero-order chi connectivity index (χ0) is 18.6. The van der Waals surface area contributed by atoms with E-state index in [2.05, 4.69) is 16.4 Å². The molecule has 0 spiro atoms. The number of hydrogen-bond donors (Lipinski definition) is 1. The van der Waals surface area contributed by atoms with E-state index >= 15 is 0 Å². The van der Waals surface area contributed by atoms with Gasteiger partial charge in [0.25, 0.3) is 5.91 Å². The average molecular weight is 374 g/mol. The molecule has 0 atom stereocenters. The normalized spacial score (nSPS) is 10.7. The van der Waals surface area contributed by atoms with E-state index in [1.54, 1.807) is 23.5 Å². The molecule has 4 nitrogen and oxygen atoms in total. The highest BCUT2D eigenvalue weighted by Gasteiger charge is 2.12. The molecule has 1 aromatic heterocycles. The van der Waals surface area contributed by atoms with Gasteiger partial charge in [-0.05, 0) is 55.5 Å². The molecule has 5 heteroatoms. The van der Waals surface area contributed by atoms with Crippen molar-refractivity contribution in [3.8, 4) is 16.3 Å². The fraction of sp³-hybridized carbons (Fsp3) is 0.0909. The Bertz CT molecular complexity index is 1050. The number of carbonyl (C=O) groups is 1. The third-order valence-electron chi connectivity index (χ3n) is 4.12. The van der Waals surface area contributed by atoms with Crippen LogP contribution in [-0.2, 0) is 0 Å². The van der Waals surface area contributed by atoms with Crippen LogP contribution in [0, 0.1) is 0 Å². The second kappa shape index (κ2) is 7.60. The first-order valence-electron chi connectivity index (χ1n) is 8.74. The number of thiazole rings is 1. The van der Waals surface area contributed by atoms with E-state index < -0.39 is 0 Å². The minimum absolute atomic E-state index is 0.188. The number of benzene rings is 3. The Kier molecular flexibility index (Phi) is 4.85. The number of hydrogen-bond acceptors (Lipinski definition) is 4. The SMILES string of the molecule is CCOc1ccccc1C(=O)Nc1ccc(-c2nc3ccccc3s2)cc1. The molecule has 1 amide bonds. The number of nitrogens with zero attached hydrogens (tertiary/aromatic N) is 1. The fourth-order valence-electron chi connectivity index (χ4n) is 2.83. The molecule has 0 bridgehead atoms. The molecule has 0 aliphatic carbocycles. The predicted octanol–water partition coefficient (Wildman–Crippen LogP) is 5.61. The van der Waals surface area contributed by atoms with Gasteiger partial charge in [0.1, 0.15) is 10.8 Å². The van der Waals surface area contributed by atoms with Crippen LogP contribution < -0.4 is 10.1 Å². The Hall–Kier alpha value is -3.18. The van der Waals surface area contributed by atoms with Gasteiger partial charge < -0.3 is 10.1 Å². The van der Waals surface area contributed by atoms with E-state index in [-0.39, 0.29) is 5.91 Å². The van der Waals surface area contributed by atoms with Gasteiger partial charge >= 0.3 is 0 Å². The standard InChI is InChI=1S/C22H18N2O2S/c1-2-26-19-9-5-3-7-17(19)21(25)23-16-13-11-15(12-14-16)22-24-18-8-4-6-10-20(18)27-22/h3-14H,2H2,1H3,(H,23,25). The van der Waals surface area contributed by atoms with Crippen LogP contribution in [0.3, 0.4) is 0 Å². The first kappa shape index (κ1) is 17.2. The van der Waals surface area contributed by atoms with Gasteiger partial charge in [-0.2, -0.15) is 0 Å². The van der Waals surface area contributed by atoms with Crippen LogP contribution in [0.5, 0.6) is 5.75 Å². The highest BCUT2D eigenvalue weighted by atomic mass is 32.1. The van der Waals surface area contributed by atoms with Crippen molar-refractivity contribution in [2.24, 2.45) is 0 Å². The second-order valence-electron chi connectivity index (χ2n) is 5.95. The van der Waals surface area contributed by atoms with E-state index in [1.807, 2.05) is 61.5 Å². The minimum atomic E-state index is -0.188. The first-order chi connectivity index (χ1) is 13.2. The highest BCUT2D eigenvalue weighted by molar-refractivity contribution is 7.21. The number of anilines is 1. The molecule has 0 radical (unpaired) electrons. The van der Waals surface area contributed by atoms with Crippen LogP contribution in [0.1, 0.15) is 17.3 Å². The number of aromatic nitrogens is 1. The number of rotatable bonds is 5. The third-order valence-corrected chi connectivity index (χ3v) is 5.20. The molecule has 4 rings (SSSR count). The molecule has 1 N–H and O–H groups in total. The second-order valence-corrected chi connectivity index (χ2v) is 6.98. The summed E-state index contributed by atoms with van der Waals surface area (Å²) in [6.07, 6.45) is 0. The lowest BCUT2D eigenvalue weighted by Gasteiger charge is -2.10. The van der Waals surface area contributed by atoms with Crippen molar-refractivity contribution in [3.05, 3.63) is 78.4 Å². The molecule has 0 fully saturated rings. The van der Waals surface area contributed by atoms with Crippen LogP contribution >= 0.6 is 11.3 Å². The summed E-state index contributed by atoms with van der Waals surface area (Å²) in [4.78, 5) is 17.2. The predicted molar refractivity (Wildman–Crippen MR) is 111 cm³/mol. The lowest BCUT2D eigenvalue weighted by molar-refractivity contribution is 0.102. The van der Waals surface area contributed by atoms with Crippen molar-refractivity contribution in [2.45, 2.75) is 6.92 Å². The van der Waals surface area contributed by atoms with Crippen LogP contribution in [0.15, 0.2) is 72.8 Å². The zero-order valence-corrected chi connectivity index (χ0v) is 15.6. The molecule has 3 aromatic carbocycles. The Morgan fingerprint density at radius 3 is 2.52 bits per heavy atom. The molecular weight excluding hydrogens is 356 g/mol. The zero-order valence-electron chi connectivity index (χ0n) is 14.8. The highest BCUT2D eigenvalue weighted by Crippen LogP contribution is 2.30. The summed E-state index contributed by atoms with van der Waals surface area (Å²) in [7, 11) is 0. The van der Waals surface area contributed by atoms with Gasteiger partial charge in [0, 0.05) is 11.3 Å². The molecule has 0 aliphatic heterocycles. The van der Waals surface area contributed by atoms with Crippen LogP contribution in [0.25, 0.3) is 20.8 Å². The smallest absolute Gasteiger partial charge is 0.259 e. The average Bonchev–Trinajstić information content (AvgIpc) is 3.13. The van der Waals surface area contributed by atoms with Gasteiger partial charge in [-0.3, -0.25) is 4.79 Å². The molecular formula is C22H18N2O2S. The molecule has 0 saturated carbocycles. The van der Waals surface area contributed by atoms with Gasteiger partial charge in [-0.15, -0.1) is 11.3 Å². The van der Waals surface area contributed by atoms with Crippen LogP contribution in [0.4, 0.5) is 5.69 Å². The number of fused-ring (bicyclic) bond motifs is 1. The topological polar surface area (TPSA) is 51.2 Å². The molecule has 0 unspecified atom stereocenters. The Morgan fingerprint density at radius 2 is 1.74 bits per heavy atom. The summed E-state index contributed by atoms with van der Waals surface area (Å²) >= 11 is 1.66. The van der Waals surface area contributed by atoms with Gasteiger partial charge in [0.15, 0.2) is 0 Å². The Labute approximate surface area is 161 Å². The van der Waals surface area contributed by atoms with E-state index in [4.69, 9.17) is 4.74 Å². The van der Waals surface area contributed by atoms with Crippen molar-refractivity contribution in [3.63, 3.8) is 0 Å². The van der Waals surface area contributed by atoms with Crippen molar-refractivity contribution in [2.75, 3.05) is 11.9 Å². The maximum absolute atomic E-state index is 12.6. The van der Waals surface area contributed by atoms with Gasteiger partial charge in [0.2, 0.25) is 0 Å². The largest absolute Gasteiger partial charge is 0.493 e. The number of nitrogens with one attached hydrogen (secondary N) is 1. The number of para-hydroxylation sites is 2. The summed E-state index contributed by atoms with van der Waals surface area (Å²) in [5.41, 5.74) is 3.29. The molecule has 134 valence electrons. The molecule has 1 heterocycles. The van der Waals surface area contributed by atoms with Gasteiger partial charge in [0.05, 0.1) is 22.4 Å². The maximum atomic E-state index is 12.6. The van der Waals surface area contributed by atoms with E-state index in [0.29, 0.717) is 17.9 Å². The van der Waals surface area contributed by atoms with Crippen LogP contribution in [0.2, 0.25) is 0 Å².